The van der Waals surface area contributed by atoms with Gasteiger partial charge in [-0.1, -0.05) is 43.3 Å². The molecule has 0 saturated heterocycles. The van der Waals surface area contributed by atoms with E-state index in [0.29, 0.717) is 0 Å². The lowest BCUT2D eigenvalue weighted by atomic mass is 10.1. The summed E-state index contributed by atoms with van der Waals surface area (Å²) in [7, 11) is 0. The van der Waals surface area contributed by atoms with Gasteiger partial charge in [0, 0.05) is 6.08 Å². The van der Waals surface area contributed by atoms with Gasteiger partial charge in [-0.25, -0.2) is 0 Å². The molecule has 0 amide bonds. The van der Waals surface area contributed by atoms with Crippen molar-refractivity contribution in [1.82, 2.24) is 0 Å². The molecular formula is C13H13N. The van der Waals surface area contributed by atoms with Crippen LogP contribution in [-0.4, -0.2) is 0 Å². The van der Waals surface area contributed by atoms with Gasteiger partial charge in [0.1, 0.15) is 0 Å². The summed E-state index contributed by atoms with van der Waals surface area (Å²) in [5.41, 5.74) is 2.34. The van der Waals surface area contributed by atoms with Crippen LogP contribution < -0.4 is 0 Å². The molecule has 14 heavy (non-hydrogen) atoms. The maximum Gasteiger partial charge on any atom is 0.0912 e. The molecule has 0 fully saturated rings. The van der Waals surface area contributed by atoms with Gasteiger partial charge in [-0.2, -0.15) is 5.26 Å². The van der Waals surface area contributed by atoms with E-state index in [4.69, 9.17) is 5.26 Å². The molecule has 0 aliphatic carbocycles. The molecule has 1 nitrogen and oxygen atoms in total. The van der Waals surface area contributed by atoms with Crippen molar-refractivity contribution in [3.8, 4) is 6.07 Å². The summed E-state index contributed by atoms with van der Waals surface area (Å²) < 4.78 is 0. The fourth-order valence-corrected chi connectivity index (χ4v) is 1.18. The Bertz CT molecular complexity index is 366. The minimum Gasteiger partial charge on any atom is -0.193 e. The third-order valence-electron chi connectivity index (χ3n) is 1.93. The van der Waals surface area contributed by atoms with Gasteiger partial charge in [0.2, 0.25) is 0 Å². The van der Waals surface area contributed by atoms with E-state index in [2.05, 4.69) is 25.1 Å². The van der Waals surface area contributed by atoms with Crippen LogP contribution in [0.15, 0.2) is 48.1 Å². The number of nitrogens with zero attached hydrogens (tertiary/aromatic N) is 1. The molecule has 0 aliphatic rings. The van der Waals surface area contributed by atoms with Crippen LogP contribution in [0.1, 0.15) is 18.9 Å². The third kappa shape index (κ3) is 3.28. The number of hydrogen-bond acceptors (Lipinski definition) is 1. The molecule has 0 bridgehead atoms. The van der Waals surface area contributed by atoms with Crippen LogP contribution in [0.25, 0.3) is 6.08 Å². The molecule has 1 rings (SSSR count). The average molecular weight is 183 g/mol. The van der Waals surface area contributed by atoms with Gasteiger partial charge < -0.3 is 0 Å². The molecule has 0 atom stereocenters. The summed E-state index contributed by atoms with van der Waals surface area (Å²) >= 11 is 0. The highest BCUT2D eigenvalue weighted by Crippen LogP contribution is 2.10. The van der Waals surface area contributed by atoms with Gasteiger partial charge in [0.05, 0.1) is 6.07 Å². The van der Waals surface area contributed by atoms with Crippen LogP contribution in [-0.2, 0) is 0 Å². The quantitative estimate of drug-likeness (QED) is 0.519. The van der Waals surface area contributed by atoms with Gasteiger partial charge in [0.15, 0.2) is 0 Å². The molecule has 1 aromatic carbocycles. The molecule has 0 radical (unpaired) electrons. The smallest absolute Gasteiger partial charge is 0.0912 e. The lowest BCUT2D eigenvalue weighted by Gasteiger charge is -1.96. The van der Waals surface area contributed by atoms with Crippen LogP contribution in [0.5, 0.6) is 0 Å². The van der Waals surface area contributed by atoms with Crippen LogP contribution >= 0.6 is 0 Å². The van der Waals surface area contributed by atoms with Gasteiger partial charge in [-0.3, -0.25) is 0 Å². The standard InChI is InChI=1S/C13H13N/c1-2-12(9-6-10-14)11-13-7-4-3-5-8-13/h3-9,11H,2H2,1H3. The summed E-state index contributed by atoms with van der Waals surface area (Å²) in [6, 6.07) is 12.1. The Morgan fingerprint density at radius 3 is 2.64 bits per heavy atom. The topological polar surface area (TPSA) is 23.8 Å². The van der Waals surface area contributed by atoms with E-state index < -0.39 is 0 Å². The first kappa shape index (κ1) is 10.3. The Morgan fingerprint density at radius 2 is 2.07 bits per heavy atom. The van der Waals surface area contributed by atoms with Crippen LogP contribution in [0.2, 0.25) is 0 Å². The van der Waals surface area contributed by atoms with Crippen molar-refractivity contribution in [2.45, 2.75) is 13.3 Å². The number of benzene rings is 1. The van der Waals surface area contributed by atoms with Crippen LogP contribution in [0, 0.1) is 11.3 Å². The van der Waals surface area contributed by atoms with E-state index in [1.807, 2.05) is 30.3 Å². The van der Waals surface area contributed by atoms with E-state index in [1.54, 1.807) is 0 Å². The number of rotatable bonds is 3. The van der Waals surface area contributed by atoms with Gasteiger partial charge in [-0.15, -0.1) is 0 Å². The molecule has 0 aromatic heterocycles. The number of hydrogen-bond donors (Lipinski definition) is 0. The van der Waals surface area contributed by atoms with Crippen molar-refractivity contribution in [2.75, 3.05) is 0 Å². The Balaban J connectivity index is 2.85. The van der Waals surface area contributed by atoms with Gasteiger partial charge in [-0.05, 0) is 23.6 Å². The molecule has 1 aromatic rings. The lowest BCUT2D eigenvalue weighted by molar-refractivity contribution is 1.16. The normalized spacial score (nSPS) is 11.6. The molecule has 0 aliphatic heterocycles. The predicted octanol–water partition coefficient (Wildman–Crippen LogP) is 3.56. The van der Waals surface area contributed by atoms with Gasteiger partial charge in [0.25, 0.3) is 0 Å². The van der Waals surface area contributed by atoms with Crippen LogP contribution in [0.3, 0.4) is 0 Å². The van der Waals surface area contributed by atoms with Crippen molar-refractivity contribution in [3.05, 3.63) is 53.6 Å². The summed E-state index contributed by atoms with van der Waals surface area (Å²) in [6.45, 7) is 2.08. The fraction of sp³-hybridized carbons (Fsp3) is 0.154. The Morgan fingerprint density at radius 1 is 1.36 bits per heavy atom. The van der Waals surface area contributed by atoms with E-state index in [-0.39, 0.29) is 0 Å². The zero-order valence-electron chi connectivity index (χ0n) is 8.27. The largest absolute Gasteiger partial charge is 0.193 e. The van der Waals surface area contributed by atoms with Crippen molar-refractivity contribution in [3.63, 3.8) is 0 Å². The average Bonchev–Trinajstić information content (AvgIpc) is 2.25. The molecule has 0 heterocycles. The minimum atomic E-state index is 0.938. The monoisotopic (exact) mass is 183 g/mol. The van der Waals surface area contributed by atoms with E-state index >= 15 is 0 Å². The van der Waals surface area contributed by atoms with Crippen molar-refractivity contribution in [2.24, 2.45) is 0 Å². The molecule has 0 unspecified atom stereocenters. The van der Waals surface area contributed by atoms with Crippen LogP contribution in [0.4, 0.5) is 0 Å². The van der Waals surface area contributed by atoms with Crippen molar-refractivity contribution in [1.29, 1.82) is 5.26 Å². The highest BCUT2D eigenvalue weighted by molar-refractivity contribution is 5.55. The summed E-state index contributed by atoms with van der Waals surface area (Å²) in [5.74, 6) is 0. The molecular weight excluding hydrogens is 170 g/mol. The minimum absolute atomic E-state index is 0.938. The van der Waals surface area contributed by atoms with E-state index in [1.165, 1.54) is 11.6 Å². The maximum absolute atomic E-state index is 8.41. The summed E-state index contributed by atoms with van der Waals surface area (Å²) in [4.78, 5) is 0. The second-order valence-electron chi connectivity index (χ2n) is 2.95. The van der Waals surface area contributed by atoms with E-state index in [9.17, 15) is 0 Å². The molecule has 0 spiro atoms. The predicted molar refractivity (Wildman–Crippen MR) is 59.5 cm³/mol. The number of nitriles is 1. The first-order valence-electron chi connectivity index (χ1n) is 4.68. The first-order chi connectivity index (χ1) is 6.86. The molecule has 0 N–H and O–H groups in total. The Hall–Kier alpha value is -1.81. The zero-order valence-corrected chi connectivity index (χ0v) is 8.27. The van der Waals surface area contributed by atoms with Crippen molar-refractivity contribution < 1.29 is 0 Å². The zero-order chi connectivity index (χ0) is 10.2. The molecule has 70 valence electrons. The molecule has 1 heteroatoms. The Labute approximate surface area is 85.0 Å². The summed E-state index contributed by atoms with van der Waals surface area (Å²) in [6.07, 6.45) is 6.40. The Kier molecular flexibility index (Phi) is 4.23. The number of allylic oxidation sites excluding steroid dienone is 3. The highest BCUT2D eigenvalue weighted by Gasteiger charge is 1.89. The summed E-state index contributed by atoms with van der Waals surface area (Å²) in [5, 5.41) is 8.41. The maximum atomic E-state index is 8.41. The second-order valence-corrected chi connectivity index (χ2v) is 2.95. The van der Waals surface area contributed by atoms with Gasteiger partial charge >= 0.3 is 0 Å². The SMILES string of the molecule is CCC(C=CC#N)=Cc1ccccc1. The second kappa shape index (κ2) is 5.77. The third-order valence-corrected chi connectivity index (χ3v) is 1.93. The molecule has 0 saturated carbocycles. The van der Waals surface area contributed by atoms with E-state index in [0.717, 1.165) is 12.0 Å². The lowest BCUT2D eigenvalue weighted by Crippen LogP contribution is -1.76. The van der Waals surface area contributed by atoms with Crippen molar-refractivity contribution >= 4 is 6.08 Å². The first-order valence-corrected chi connectivity index (χ1v) is 4.68. The fourth-order valence-electron chi connectivity index (χ4n) is 1.18. The highest BCUT2D eigenvalue weighted by atomic mass is 14.2.